The Morgan fingerprint density at radius 3 is 2.25 bits per heavy atom. The van der Waals surface area contributed by atoms with Gasteiger partial charge >= 0.3 is 5.97 Å². The number of imide groups is 1. The molecule has 242 valence electrons. The van der Waals surface area contributed by atoms with Crippen LogP contribution in [0.25, 0.3) is 11.3 Å². The predicted molar refractivity (Wildman–Crippen MR) is 172 cm³/mol. The molecule has 2 N–H and O–H groups in total. The smallest absolute Gasteiger partial charge is 0.324 e. The summed E-state index contributed by atoms with van der Waals surface area (Å²) >= 11 is 1.41. The number of thioether (sulfide) groups is 1. The number of fused-ring (bicyclic) bond motifs is 3. The fourth-order valence-corrected chi connectivity index (χ4v) is 7.63. The van der Waals surface area contributed by atoms with Crippen molar-refractivity contribution < 1.29 is 38.4 Å². The van der Waals surface area contributed by atoms with Crippen molar-refractivity contribution in [2.45, 2.75) is 24.5 Å². The van der Waals surface area contributed by atoms with Gasteiger partial charge in [-0.05, 0) is 60.4 Å². The number of nitro groups is 1. The van der Waals surface area contributed by atoms with Gasteiger partial charge in [0, 0.05) is 39.9 Å². The third-order valence-corrected chi connectivity index (χ3v) is 10.1. The van der Waals surface area contributed by atoms with Crippen molar-refractivity contribution in [3.05, 3.63) is 123 Å². The van der Waals surface area contributed by atoms with Gasteiger partial charge in [-0.15, -0.1) is 0 Å². The number of ketones is 2. The number of aliphatic carboxylic acids is 1. The minimum Gasteiger partial charge on any atom is -0.480 e. The quantitative estimate of drug-likeness (QED) is 0.127. The molecule has 48 heavy (non-hydrogen) atoms. The number of nitrogens with one attached hydrogen (secondary N) is 1. The summed E-state index contributed by atoms with van der Waals surface area (Å²) in [7, 11) is 0. The first-order valence-electron chi connectivity index (χ1n) is 15.1. The van der Waals surface area contributed by atoms with E-state index in [4.69, 9.17) is 4.42 Å². The molecule has 4 atom stereocenters. The van der Waals surface area contributed by atoms with Crippen LogP contribution in [0.1, 0.15) is 55.6 Å². The third-order valence-electron chi connectivity index (χ3n) is 9.45. The molecular weight excluding hydrogens is 638 g/mol. The molecule has 2 amide bonds. The summed E-state index contributed by atoms with van der Waals surface area (Å²) in [6.45, 7) is -0.224. The molecule has 0 bridgehead atoms. The summed E-state index contributed by atoms with van der Waals surface area (Å²) in [5.41, 5.74) is 0.0775. The number of rotatable bonds is 9. The first-order valence-corrected chi connectivity index (χ1v) is 16.5. The second-order valence-electron chi connectivity index (χ2n) is 12.0. The van der Waals surface area contributed by atoms with Gasteiger partial charge in [0.05, 0.1) is 29.3 Å². The molecule has 13 heteroatoms. The highest BCUT2D eigenvalue weighted by Crippen LogP contribution is 2.51. The average molecular weight is 666 g/mol. The van der Waals surface area contributed by atoms with Gasteiger partial charge in [0.1, 0.15) is 17.1 Å². The van der Waals surface area contributed by atoms with Crippen molar-refractivity contribution in [3.8, 4) is 11.3 Å². The van der Waals surface area contributed by atoms with E-state index in [1.54, 1.807) is 42.5 Å². The minimum absolute atomic E-state index is 0.0544. The summed E-state index contributed by atoms with van der Waals surface area (Å²) in [5.74, 6) is -4.53. The maximum Gasteiger partial charge on any atom is 0.324 e. The van der Waals surface area contributed by atoms with Crippen LogP contribution in [-0.2, 0) is 20.9 Å². The van der Waals surface area contributed by atoms with E-state index in [-0.39, 0.29) is 52.7 Å². The molecule has 3 heterocycles. The Morgan fingerprint density at radius 2 is 1.60 bits per heavy atom. The normalized spacial score (nSPS) is 22.9. The molecule has 2 aliphatic heterocycles. The lowest BCUT2D eigenvalue weighted by Crippen LogP contribution is -2.56. The Balaban J connectivity index is 1.23. The van der Waals surface area contributed by atoms with E-state index in [0.29, 0.717) is 28.2 Å². The number of carboxylic acids is 1. The number of carbonyl (C=O) groups excluding carboxylic acids is 4. The number of nitro benzene ring substituents is 1. The summed E-state index contributed by atoms with van der Waals surface area (Å²) < 4.78 is 6.11. The SMILES string of the molecule is CSCCC1(C(=O)O)NC(c2ccc(-c3ccc([N+](=O)[O-])cc3)o2)C2C(=O)N(Cc3ccc4c(c3)C(=O)c3ccccc3C4=O)C(=O)C21. The number of amides is 2. The van der Waals surface area contributed by atoms with Gasteiger partial charge in [-0.1, -0.05) is 30.3 Å². The number of hydrogen-bond donors (Lipinski definition) is 2. The average Bonchev–Trinajstić information content (AvgIpc) is 3.78. The number of non-ortho nitro benzene ring substituents is 1. The van der Waals surface area contributed by atoms with Gasteiger partial charge in [0.15, 0.2) is 11.6 Å². The third kappa shape index (κ3) is 4.76. The molecule has 7 rings (SSSR count). The maximum atomic E-state index is 14.2. The monoisotopic (exact) mass is 665 g/mol. The molecule has 4 unspecified atom stereocenters. The highest BCUT2D eigenvalue weighted by Gasteiger charge is 2.68. The van der Waals surface area contributed by atoms with Crippen LogP contribution in [0.5, 0.6) is 0 Å². The number of furan rings is 1. The van der Waals surface area contributed by atoms with Crippen molar-refractivity contribution in [2.75, 3.05) is 12.0 Å². The zero-order valence-electron chi connectivity index (χ0n) is 25.4. The van der Waals surface area contributed by atoms with Gasteiger partial charge < -0.3 is 9.52 Å². The van der Waals surface area contributed by atoms with Crippen LogP contribution in [-0.4, -0.2) is 61.8 Å². The van der Waals surface area contributed by atoms with Crippen LogP contribution in [0.3, 0.4) is 0 Å². The summed E-state index contributed by atoms with van der Waals surface area (Å²) in [4.78, 5) is 79.3. The van der Waals surface area contributed by atoms with Gasteiger partial charge in [-0.2, -0.15) is 11.8 Å². The van der Waals surface area contributed by atoms with Crippen molar-refractivity contribution in [2.24, 2.45) is 11.8 Å². The van der Waals surface area contributed by atoms with Crippen molar-refractivity contribution in [1.82, 2.24) is 10.2 Å². The lowest BCUT2D eigenvalue weighted by Gasteiger charge is -2.30. The summed E-state index contributed by atoms with van der Waals surface area (Å²) in [6.07, 6.45) is 1.87. The van der Waals surface area contributed by atoms with Crippen LogP contribution in [0.2, 0.25) is 0 Å². The molecular formula is C35H27N3O9S. The van der Waals surface area contributed by atoms with Crippen LogP contribution in [0, 0.1) is 22.0 Å². The van der Waals surface area contributed by atoms with E-state index in [1.807, 2.05) is 6.26 Å². The zero-order valence-corrected chi connectivity index (χ0v) is 26.2. The molecule has 1 aliphatic carbocycles. The fourth-order valence-electron chi connectivity index (χ4n) is 7.11. The fraction of sp³-hybridized carbons (Fsp3) is 0.229. The summed E-state index contributed by atoms with van der Waals surface area (Å²) in [5, 5.41) is 24.8. The topological polar surface area (TPSA) is 177 Å². The van der Waals surface area contributed by atoms with E-state index in [2.05, 4.69) is 5.32 Å². The highest BCUT2D eigenvalue weighted by molar-refractivity contribution is 7.98. The van der Waals surface area contributed by atoms with Gasteiger partial charge in [-0.25, -0.2) is 0 Å². The van der Waals surface area contributed by atoms with E-state index >= 15 is 0 Å². The van der Waals surface area contributed by atoms with E-state index in [1.165, 1.54) is 48.2 Å². The second-order valence-corrected chi connectivity index (χ2v) is 13.0. The van der Waals surface area contributed by atoms with Gasteiger partial charge in [-0.3, -0.25) is 44.3 Å². The molecule has 2 saturated heterocycles. The molecule has 12 nitrogen and oxygen atoms in total. The molecule has 3 aromatic carbocycles. The van der Waals surface area contributed by atoms with Crippen molar-refractivity contribution >= 4 is 46.8 Å². The number of benzene rings is 3. The Labute approximate surface area is 277 Å². The Hall–Kier alpha value is -5.40. The lowest BCUT2D eigenvalue weighted by atomic mass is 9.78. The predicted octanol–water partition coefficient (Wildman–Crippen LogP) is 4.65. The molecule has 0 saturated carbocycles. The number of hydrogen-bond acceptors (Lipinski definition) is 10. The molecule has 0 spiro atoms. The maximum absolute atomic E-state index is 14.2. The Kier molecular flexibility index (Phi) is 7.60. The standard InChI is InChI=1S/C35H27N3O9S/c1-48-15-14-35(34(43)44)28-27(29(36-35)26-13-12-25(47-26)19-7-9-20(10-8-19)38(45)46)32(41)37(33(28)42)17-18-6-11-23-24(16-18)31(40)22-5-3-2-4-21(22)30(23)39/h2-13,16,27-29,36H,14-15,17H2,1H3,(H,43,44). The van der Waals surface area contributed by atoms with Gasteiger partial charge in [0.25, 0.3) is 5.69 Å². The zero-order chi connectivity index (χ0) is 33.9. The second kappa shape index (κ2) is 11.7. The molecule has 3 aliphatic rings. The Bertz CT molecular complexity index is 2060. The Morgan fingerprint density at radius 1 is 0.938 bits per heavy atom. The molecule has 4 aromatic rings. The van der Waals surface area contributed by atoms with Gasteiger partial charge in [0.2, 0.25) is 11.8 Å². The molecule has 1 aromatic heterocycles. The van der Waals surface area contributed by atoms with Crippen molar-refractivity contribution in [3.63, 3.8) is 0 Å². The summed E-state index contributed by atoms with van der Waals surface area (Å²) in [6, 6.07) is 19.1. The largest absolute Gasteiger partial charge is 0.480 e. The lowest BCUT2D eigenvalue weighted by molar-refractivity contribution is -0.384. The van der Waals surface area contributed by atoms with E-state index < -0.39 is 46.1 Å². The number of carbonyl (C=O) groups is 5. The molecule has 0 radical (unpaired) electrons. The number of nitrogens with zero attached hydrogens (tertiary/aromatic N) is 2. The first-order chi connectivity index (χ1) is 23.1. The number of likely N-dealkylation sites (tertiary alicyclic amines) is 1. The van der Waals surface area contributed by atoms with Crippen molar-refractivity contribution in [1.29, 1.82) is 0 Å². The van der Waals surface area contributed by atoms with E-state index in [0.717, 1.165) is 4.90 Å². The van der Waals surface area contributed by atoms with Crippen LogP contribution in [0.15, 0.2) is 83.3 Å². The van der Waals surface area contributed by atoms with Crippen LogP contribution < -0.4 is 5.32 Å². The first kappa shape index (κ1) is 31.2. The van der Waals surface area contributed by atoms with E-state index in [9.17, 15) is 39.2 Å². The molecule has 2 fully saturated rings. The highest BCUT2D eigenvalue weighted by atomic mass is 32.2. The van der Waals surface area contributed by atoms with Crippen LogP contribution >= 0.6 is 11.8 Å². The minimum atomic E-state index is -1.78. The number of carboxylic acid groups (broad SMARTS) is 1. The van der Waals surface area contributed by atoms with Crippen LogP contribution in [0.4, 0.5) is 5.69 Å².